The number of rotatable bonds is 2. The molecule has 118 valence electrons. The Hall–Kier alpha value is -2.21. The third kappa shape index (κ3) is 1.94. The summed E-state index contributed by atoms with van der Waals surface area (Å²) in [5, 5.41) is 11.1. The van der Waals surface area contributed by atoms with Crippen molar-refractivity contribution < 1.29 is 14.5 Å². The average Bonchev–Trinajstić information content (AvgIpc) is 2.83. The first-order chi connectivity index (χ1) is 11.0. The summed E-state index contributed by atoms with van der Waals surface area (Å²) in [6, 6.07) is 3.81. The summed E-state index contributed by atoms with van der Waals surface area (Å²) < 4.78 is 0. The smallest absolute Gasteiger partial charge is 0.271 e. The molecule has 1 saturated heterocycles. The van der Waals surface area contributed by atoms with Gasteiger partial charge in [0.05, 0.1) is 27.5 Å². The summed E-state index contributed by atoms with van der Waals surface area (Å²) in [5.41, 5.74) is -0.0781. The van der Waals surface area contributed by atoms with Crippen molar-refractivity contribution >= 4 is 34.8 Å². The zero-order valence-corrected chi connectivity index (χ0v) is 12.8. The van der Waals surface area contributed by atoms with Crippen LogP contribution in [0.2, 0.25) is 5.02 Å². The van der Waals surface area contributed by atoms with Gasteiger partial charge in [0, 0.05) is 12.1 Å². The summed E-state index contributed by atoms with van der Waals surface area (Å²) >= 11 is 6.11. The van der Waals surface area contributed by atoms with Crippen LogP contribution in [0.4, 0.5) is 11.4 Å². The van der Waals surface area contributed by atoms with Crippen molar-refractivity contribution in [3.05, 3.63) is 45.5 Å². The van der Waals surface area contributed by atoms with Crippen LogP contribution in [-0.2, 0) is 9.59 Å². The Morgan fingerprint density at radius 1 is 1.09 bits per heavy atom. The van der Waals surface area contributed by atoms with E-state index >= 15 is 0 Å². The fourth-order valence-corrected chi connectivity index (χ4v) is 4.30. The molecule has 6 nitrogen and oxygen atoms in total. The monoisotopic (exact) mass is 332 g/mol. The van der Waals surface area contributed by atoms with Crippen molar-refractivity contribution in [3.8, 4) is 0 Å². The Labute approximate surface area is 136 Å². The number of nitro benzene ring substituents is 1. The number of non-ortho nitro benzene ring substituents is 1. The number of fused-ring (bicyclic) bond motifs is 1. The van der Waals surface area contributed by atoms with E-state index in [0.29, 0.717) is 0 Å². The minimum absolute atomic E-state index is 0.0731. The fraction of sp³-hybridized carbons (Fsp3) is 0.375. The molecule has 0 aromatic heterocycles. The second-order valence-corrected chi connectivity index (χ2v) is 6.65. The molecule has 0 radical (unpaired) electrons. The summed E-state index contributed by atoms with van der Waals surface area (Å²) in [5.74, 6) is -1.15. The third-order valence-corrected chi connectivity index (χ3v) is 5.46. The second-order valence-electron chi connectivity index (χ2n) is 6.25. The number of hydrogen-bond acceptors (Lipinski definition) is 4. The first kappa shape index (κ1) is 14.4. The third-order valence-electron chi connectivity index (χ3n) is 5.14. The zero-order chi connectivity index (χ0) is 16.3. The van der Waals surface area contributed by atoms with Gasteiger partial charge in [-0.2, -0.15) is 0 Å². The molecule has 5 rings (SSSR count). The lowest BCUT2D eigenvalue weighted by molar-refractivity contribution is -0.384. The Kier molecular flexibility index (Phi) is 3.06. The highest BCUT2D eigenvalue weighted by Crippen LogP contribution is 2.51. The number of amides is 2. The lowest BCUT2D eigenvalue weighted by Gasteiger charge is -2.38. The van der Waals surface area contributed by atoms with Crippen LogP contribution in [-0.4, -0.2) is 16.7 Å². The zero-order valence-electron chi connectivity index (χ0n) is 12.0. The van der Waals surface area contributed by atoms with E-state index < -0.39 is 4.92 Å². The Balaban J connectivity index is 1.79. The Bertz CT molecular complexity index is 743. The number of hydrogen-bond donors (Lipinski definition) is 0. The number of benzene rings is 1. The predicted molar refractivity (Wildman–Crippen MR) is 82.9 cm³/mol. The molecule has 2 fully saturated rings. The number of carbonyl (C=O) groups excluding carboxylic acids is 2. The largest absolute Gasteiger partial charge is 0.274 e. The van der Waals surface area contributed by atoms with E-state index in [1.165, 1.54) is 18.2 Å². The summed E-state index contributed by atoms with van der Waals surface area (Å²) in [4.78, 5) is 37.1. The highest BCUT2D eigenvalue weighted by atomic mass is 35.5. The van der Waals surface area contributed by atoms with Crippen LogP contribution in [0, 0.1) is 33.8 Å². The summed E-state index contributed by atoms with van der Waals surface area (Å²) in [6.45, 7) is 0. The lowest BCUT2D eigenvalue weighted by Crippen LogP contribution is -2.38. The van der Waals surface area contributed by atoms with Gasteiger partial charge in [-0.3, -0.25) is 19.7 Å². The van der Waals surface area contributed by atoms with Gasteiger partial charge >= 0.3 is 0 Å². The number of nitrogens with zero attached hydrogens (tertiary/aromatic N) is 2. The van der Waals surface area contributed by atoms with E-state index in [0.717, 1.165) is 17.7 Å². The number of imide groups is 1. The second kappa shape index (κ2) is 4.89. The van der Waals surface area contributed by atoms with Crippen molar-refractivity contribution in [2.45, 2.75) is 12.8 Å². The van der Waals surface area contributed by atoms with Crippen molar-refractivity contribution in [1.29, 1.82) is 0 Å². The molecule has 1 saturated carbocycles. The Morgan fingerprint density at radius 2 is 1.65 bits per heavy atom. The van der Waals surface area contributed by atoms with E-state index in [4.69, 9.17) is 11.6 Å². The van der Waals surface area contributed by atoms with Gasteiger partial charge in [-0.1, -0.05) is 23.8 Å². The lowest BCUT2D eigenvalue weighted by atomic mass is 9.63. The van der Waals surface area contributed by atoms with Gasteiger partial charge in [0.1, 0.15) is 0 Å². The highest BCUT2D eigenvalue weighted by Gasteiger charge is 2.57. The average molecular weight is 333 g/mol. The molecule has 1 heterocycles. The van der Waals surface area contributed by atoms with Gasteiger partial charge in [-0.05, 0) is 30.7 Å². The fourth-order valence-electron chi connectivity index (χ4n) is 4.10. The maximum Gasteiger partial charge on any atom is 0.271 e. The van der Waals surface area contributed by atoms with E-state index in [2.05, 4.69) is 0 Å². The van der Waals surface area contributed by atoms with E-state index in [1.807, 2.05) is 12.2 Å². The van der Waals surface area contributed by atoms with Gasteiger partial charge in [-0.15, -0.1) is 0 Å². The molecule has 1 aliphatic heterocycles. The first-order valence-electron chi connectivity index (χ1n) is 7.49. The van der Waals surface area contributed by atoms with Crippen molar-refractivity contribution in [2.75, 3.05) is 4.90 Å². The molecule has 4 atom stereocenters. The molecular formula is C16H13ClN2O4. The van der Waals surface area contributed by atoms with E-state index in [9.17, 15) is 19.7 Å². The number of carbonyl (C=O) groups is 2. The standard InChI is InChI=1S/C16H13ClN2O4/c17-11-6-5-10(19(22)23)7-12(11)18-15(20)13-8-1-2-9(4-3-8)14(13)16(18)21/h1-2,5-9,13-14H,3-4H2/t8-,9-,13-,14+/m1/s1. The van der Waals surface area contributed by atoms with Crippen LogP contribution in [0.15, 0.2) is 30.4 Å². The van der Waals surface area contributed by atoms with Crippen LogP contribution >= 0.6 is 11.6 Å². The topological polar surface area (TPSA) is 80.5 Å². The molecule has 0 N–H and O–H groups in total. The predicted octanol–water partition coefficient (Wildman–Crippen LogP) is 2.95. The first-order valence-corrected chi connectivity index (χ1v) is 7.87. The number of nitro groups is 1. The van der Waals surface area contributed by atoms with Gasteiger partial charge in [0.2, 0.25) is 11.8 Å². The molecule has 3 aliphatic carbocycles. The molecule has 4 aliphatic rings. The number of anilines is 1. The summed E-state index contributed by atoms with van der Waals surface area (Å²) in [6.07, 6.45) is 5.86. The van der Waals surface area contributed by atoms with Gasteiger partial charge in [-0.25, -0.2) is 4.90 Å². The Morgan fingerprint density at radius 3 is 2.13 bits per heavy atom. The quantitative estimate of drug-likeness (QED) is 0.361. The minimum Gasteiger partial charge on any atom is -0.274 e. The van der Waals surface area contributed by atoms with Gasteiger partial charge in [0.25, 0.3) is 5.69 Å². The molecule has 2 amide bonds. The maximum absolute atomic E-state index is 12.8. The summed E-state index contributed by atoms with van der Waals surface area (Å²) in [7, 11) is 0. The van der Waals surface area contributed by atoms with E-state index in [1.54, 1.807) is 0 Å². The molecule has 0 unspecified atom stereocenters. The van der Waals surface area contributed by atoms with Crippen molar-refractivity contribution in [2.24, 2.45) is 23.7 Å². The van der Waals surface area contributed by atoms with Crippen LogP contribution in [0.1, 0.15) is 12.8 Å². The van der Waals surface area contributed by atoms with Crippen molar-refractivity contribution in [1.82, 2.24) is 0 Å². The van der Waals surface area contributed by atoms with Gasteiger partial charge < -0.3 is 0 Å². The SMILES string of the molecule is O=C1[C@@H]2[C@H](C(=O)N1c1cc([N+](=O)[O-])ccc1Cl)[C@@H]1C=C[C@@H]2CC1. The molecule has 0 spiro atoms. The van der Waals surface area contributed by atoms with Crippen LogP contribution in [0.25, 0.3) is 0 Å². The van der Waals surface area contributed by atoms with Crippen LogP contribution < -0.4 is 4.90 Å². The minimum atomic E-state index is -0.566. The molecular weight excluding hydrogens is 320 g/mol. The molecule has 7 heteroatoms. The number of halogens is 1. The highest BCUT2D eigenvalue weighted by molar-refractivity contribution is 6.36. The number of allylic oxidation sites excluding steroid dienone is 2. The molecule has 2 bridgehead atoms. The van der Waals surface area contributed by atoms with Gasteiger partial charge in [0.15, 0.2) is 0 Å². The molecule has 23 heavy (non-hydrogen) atoms. The normalized spacial score (nSPS) is 31.6. The maximum atomic E-state index is 12.8. The molecule has 1 aromatic carbocycles. The van der Waals surface area contributed by atoms with Crippen LogP contribution in [0.3, 0.4) is 0 Å². The van der Waals surface area contributed by atoms with Crippen molar-refractivity contribution in [3.63, 3.8) is 0 Å². The van der Waals surface area contributed by atoms with E-state index in [-0.39, 0.29) is 51.9 Å². The van der Waals surface area contributed by atoms with Crippen LogP contribution in [0.5, 0.6) is 0 Å². The molecule has 1 aromatic rings.